The summed E-state index contributed by atoms with van der Waals surface area (Å²) in [7, 11) is 5.93. The molecule has 448 valence electrons. The van der Waals surface area contributed by atoms with Crippen LogP contribution in [0.25, 0.3) is 0 Å². The van der Waals surface area contributed by atoms with Crippen molar-refractivity contribution in [2.24, 2.45) is 0 Å². The second-order valence-electron chi connectivity index (χ2n) is 23.0. The lowest BCUT2D eigenvalue weighted by Crippen LogP contribution is -2.44. The second-order valence-corrected chi connectivity index (χ2v) is 23.0. The molecule has 0 aliphatic rings. The molecule has 0 aliphatic carbocycles. The normalized spacial score (nSPS) is 13.1. The highest BCUT2D eigenvalue weighted by Crippen LogP contribution is 2.18. The van der Waals surface area contributed by atoms with Crippen molar-refractivity contribution in [3.05, 3.63) is 60.8 Å². The Morgan fingerprint density at radius 1 is 0.403 bits per heavy atom. The summed E-state index contributed by atoms with van der Waals surface area (Å²) in [6, 6.07) is 0. The molecule has 0 aromatic rings. The number of carbonyl (C=O) groups excluding carboxylic acids is 3. The molecule has 9 heteroatoms. The van der Waals surface area contributed by atoms with Gasteiger partial charge in [0, 0.05) is 12.8 Å². The van der Waals surface area contributed by atoms with Gasteiger partial charge in [0.05, 0.1) is 40.3 Å². The van der Waals surface area contributed by atoms with E-state index in [9.17, 15) is 19.5 Å². The molecule has 77 heavy (non-hydrogen) atoms. The van der Waals surface area contributed by atoms with Gasteiger partial charge in [-0.15, -0.1) is 0 Å². The number of allylic oxidation sites excluding steroid dienone is 10. The standard InChI is InChI=1S/C68H123NO8/c1-6-8-10-12-14-16-18-20-22-24-25-26-27-28-29-30-31-32-33-34-35-36-37-38-39-40-41-43-45-47-49-51-53-55-57-59-66(71)77-64(63-76-68(67(72)73)74-61-60-69(3,4)5)62-75-65(70)58-56-54-52-50-48-46-44-42-23-21-19-17-15-13-11-9-7-2/h8,10,14,16,20,22,25-26,28-29,64,68H,6-7,9,11-13,15,17-19,21,23-24,27,30-63H2,1-5H3/b10-8-,16-14-,22-20-,26-25-,29-28-. The minimum atomic E-state index is -1.62. The molecule has 0 heterocycles. The molecule has 2 atom stereocenters. The van der Waals surface area contributed by atoms with Crippen LogP contribution in [0, 0.1) is 0 Å². The predicted octanol–water partition coefficient (Wildman–Crippen LogP) is 18.2. The van der Waals surface area contributed by atoms with E-state index in [0.29, 0.717) is 23.9 Å². The third-order valence-electron chi connectivity index (χ3n) is 14.3. The third-order valence-corrected chi connectivity index (χ3v) is 14.3. The molecule has 9 nitrogen and oxygen atoms in total. The van der Waals surface area contributed by atoms with Crippen molar-refractivity contribution >= 4 is 17.9 Å². The van der Waals surface area contributed by atoms with Gasteiger partial charge in [0.2, 0.25) is 0 Å². The van der Waals surface area contributed by atoms with Crippen LogP contribution in [-0.4, -0.2) is 82.3 Å². The topological polar surface area (TPSA) is 111 Å². The quantitative estimate of drug-likeness (QED) is 0.0195. The fourth-order valence-electron chi connectivity index (χ4n) is 9.33. The Labute approximate surface area is 475 Å². The molecular formula is C68H123NO8. The van der Waals surface area contributed by atoms with Crippen LogP contribution in [0.1, 0.15) is 296 Å². The van der Waals surface area contributed by atoms with Gasteiger partial charge in [-0.1, -0.05) is 286 Å². The molecule has 0 saturated heterocycles. The second kappa shape index (κ2) is 59.1. The van der Waals surface area contributed by atoms with E-state index in [-0.39, 0.29) is 32.2 Å². The highest BCUT2D eigenvalue weighted by molar-refractivity contribution is 5.70. The number of carboxylic acid groups (broad SMARTS) is 1. The molecule has 0 amide bonds. The summed E-state index contributed by atoms with van der Waals surface area (Å²) >= 11 is 0. The largest absolute Gasteiger partial charge is 0.545 e. The molecule has 0 bridgehead atoms. The lowest BCUT2D eigenvalue weighted by atomic mass is 10.0. The summed E-state index contributed by atoms with van der Waals surface area (Å²) in [5.41, 5.74) is 0. The fourth-order valence-corrected chi connectivity index (χ4v) is 9.33. The number of hydrogen-bond acceptors (Lipinski definition) is 8. The van der Waals surface area contributed by atoms with Crippen LogP contribution in [0.3, 0.4) is 0 Å². The summed E-state index contributed by atoms with van der Waals surface area (Å²) in [6.07, 6.45) is 72.9. The number of likely N-dealkylation sites (N-methyl/N-ethyl adjacent to an activating group) is 1. The van der Waals surface area contributed by atoms with Gasteiger partial charge in [-0.2, -0.15) is 0 Å². The number of ether oxygens (including phenoxy) is 4. The van der Waals surface area contributed by atoms with Crippen LogP contribution >= 0.6 is 0 Å². The Balaban J connectivity index is 4.05. The molecule has 0 rings (SSSR count). The van der Waals surface area contributed by atoms with Crippen molar-refractivity contribution in [1.29, 1.82) is 0 Å². The van der Waals surface area contributed by atoms with E-state index >= 15 is 0 Å². The molecule has 0 N–H and O–H groups in total. The van der Waals surface area contributed by atoms with Gasteiger partial charge in [0.1, 0.15) is 13.2 Å². The van der Waals surface area contributed by atoms with E-state index in [4.69, 9.17) is 18.9 Å². The van der Waals surface area contributed by atoms with Crippen LogP contribution in [0.5, 0.6) is 0 Å². The van der Waals surface area contributed by atoms with E-state index in [0.717, 1.165) is 64.2 Å². The Kier molecular flexibility index (Phi) is 56.8. The fraction of sp³-hybridized carbons (Fsp3) is 0.809. The monoisotopic (exact) mass is 1080 g/mol. The zero-order valence-electron chi connectivity index (χ0n) is 51.1. The summed E-state index contributed by atoms with van der Waals surface area (Å²) in [5, 5.41) is 11.8. The van der Waals surface area contributed by atoms with E-state index in [1.54, 1.807) is 0 Å². The SMILES string of the molecule is CC/C=C\C/C=C\C/C=C\C/C=C\C/C=C\CCCCCCCCCCCCCCCCCCCCCC(=O)OC(COC(=O)CCCCCCCCCCCCCCCCCCC)COC(OCC[N+](C)(C)C)C(=O)[O-]. The summed E-state index contributed by atoms with van der Waals surface area (Å²) in [5.74, 6) is -2.26. The van der Waals surface area contributed by atoms with E-state index in [1.807, 2.05) is 21.1 Å². The van der Waals surface area contributed by atoms with E-state index in [2.05, 4.69) is 74.6 Å². The summed E-state index contributed by atoms with van der Waals surface area (Å²) in [6.45, 7) is 4.68. The maximum atomic E-state index is 12.9. The average Bonchev–Trinajstić information content (AvgIpc) is 3.40. The van der Waals surface area contributed by atoms with Crippen molar-refractivity contribution < 1.29 is 42.9 Å². The van der Waals surface area contributed by atoms with Crippen molar-refractivity contribution in [1.82, 2.24) is 0 Å². The minimum Gasteiger partial charge on any atom is -0.545 e. The molecule has 2 unspecified atom stereocenters. The van der Waals surface area contributed by atoms with Crippen LogP contribution in [-0.2, 0) is 33.3 Å². The first-order valence-electron chi connectivity index (χ1n) is 32.4. The van der Waals surface area contributed by atoms with Crippen molar-refractivity contribution in [3.63, 3.8) is 0 Å². The average molecular weight is 1080 g/mol. The number of hydrogen-bond donors (Lipinski definition) is 0. The Hall–Kier alpha value is -3.01. The minimum absolute atomic E-state index is 0.150. The molecule has 0 aromatic carbocycles. The highest BCUT2D eigenvalue weighted by Gasteiger charge is 2.22. The number of carbonyl (C=O) groups is 3. The first kappa shape index (κ1) is 74.0. The first-order chi connectivity index (χ1) is 37.6. The first-order valence-corrected chi connectivity index (χ1v) is 32.4. The molecule has 0 aromatic heterocycles. The van der Waals surface area contributed by atoms with E-state index in [1.165, 1.54) is 199 Å². The Morgan fingerprint density at radius 3 is 1.10 bits per heavy atom. The van der Waals surface area contributed by atoms with Gasteiger partial charge < -0.3 is 33.3 Å². The molecule has 0 spiro atoms. The van der Waals surface area contributed by atoms with Gasteiger partial charge in [-0.3, -0.25) is 9.59 Å². The van der Waals surface area contributed by atoms with Gasteiger partial charge in [-0.05, 0) is 57.8 Å². The van der Waals surface area contributed by atoms with E-state index < -0.39 is 24.3 Å². The number of aliphatic carboxylic acids is 1. The number of rotatable bonds is 60. The van der Waals surface area contributed by atoms with Gasteiger partial charge in [-0.25, -0.2) is 0 Å². The Bertz CT molecular complexity index is 1450. The lowest BCUT2D eigenvalue weighted by Gasteiger charge is -2.26. The molecule has 0 saturated carbocycles. The zero-order valence-corrected chi connectivity index (χ0v) is 51.1. The van der Waals surface area contributed by atoms with Crippen molar-refractivity contribution in [2.45, 2.75) is 309 Å². The maximum absolute atomic E-state index is 12.9. The summed E-state index contributed by atoms with van der Waals surface area (Å²) in [4.78, 5) is 37.4. The predicted molar refractivity (Wildman–Crippen MR) is 325 cm³/mol. The molecular weight excluding hydrogens is 959 g/mol. The smallest absolute Gasteiger partial charge is 0.306 e. The number of quaternary nitrogens is 1. The molecule has 0 fully saturated rings. The molecule has 0 radical (unpaired) electrons. The number of esters is 2. The Morgan fingerprint density at radius 2 is 0.740 bits per heavy atom. The number of nitrogens with zero attached hydrogens (tertiary/aromatic N) is 1. The highest BCUT2D eigenvalue weighted by atomic mass is 16.7. The maximum Gasteiger partial charge on any atom is 0.306 e. The van der Waals surface area contributed by atoms with Crippen molar-refractivity contribution in [3.8, 4) is 0 Å². The molecule has 0 aliphatic heterocycles. The number of carboxylic acids is 1. The van der Waals surface area contributed by atoms with Gasteiger partial charge in [0.25, 0.3) is 0 Å². The van der Waals surface area contributed by atoms with Crippen LogP contribution in [0.2, 0.25) is 0 Å². The zero-order chi connectivity index (χ0) is 56.2. The summed E-state index contributed by atoms with van der Waals surface area (Å²) < 4.78 is 22.8. The van der Waals surface area contributed by atoms with Crippen LogP contribution in [0.15, 0.2) is 60.8 Å². The van der Waals surface area contributed by atoms with Gasteiger partial charge >= 0.3 is 11.9 Å². The van der Waals surface area contributed by atoms with Crippen molar-refractivity contribution in [2.75, 3.05) is 47.5 Å². The number of unbranched alkanes of at least 4 members (excludes halogenated alkanes) is 35. The lowest BCUT2D eigenvalue weighted by molar-refractivity contribution is -0.870. The van der Waals surface area contributed by atoms with Crippen LogP contribution in [0.4, 0.5) is 0 Å². The van der Waals surface area contributed by atoms with Crippen LogP contribution < -0.4 is 5.11 Å². The van der Waals surface area contributed by atoms with Gasteiger partial charge in [0.15, 0.2) is 12.4 Å². The third kappa shape index (κ3) is 60.5.